The van der Waals surface area contributed by atoms with E-state index in [-0.39, 0.29) is 30.7 Å². The van der Waals surface area contributed by atoms with Crippen molar-refractivity contribution in [1.82, 2.24) is 10.6 Å². The van der Waals surface area contributed by atoms with Gasteiger partial charge in [0.1, 0.15) is 0 Å². The van der Waals surface area contributed by atoms with Gasteiger partial charge in [-0.05, 0) is 0 Å². The molecule has 0 aliphatic carbocycles. The monoisotopic (exact) mass is 251 g/mol. The second-order valence-corrected chi connectivity index (χ2v) is 5.35. The maximum atomic E-state index is 11.3. The van der Waals surface area contributed by atoms with Crippen LogP contribution in [-0.4, -0.2) is 52.4 Å². The molecule has 0 aromatic carbocycles. The summed E-state index contributed by atoms with van der Waals surface area (Å²) in [7, 11) is -3.51. The number of rotatable bonds is 5. The third-order valence-electron chi connectivity index (χ3n) is 2.13. The van der Waals surface area contributed by atoms with Gasteiger partial charge in [-0.25, -0.2) is 13.6 Å². The Morgan fingerprint density at radius 2 is 2.31 bits per heavy atom. The molecule has 1 aliphatic rings. The molecule has 1 heterocycles. The Bertz CT molecular complexity index is 324. The van der Waals surface area contributed by atoms with E-state index in [4.69, 9.17) is 9.88 Å². The van der Waals surface area contributed by atoms with E-state index in [0.717, 1.165) is 6.54 Å². The molecular formula is C8H17N3O4S. The summed E-state index contributed by atoms with van der Waals surface area (Å²) in [5.74, 6) is -0.472. The predicted octanol–water partition coefficient (Wildman–Crippen LogP) is -2.23. The minimum atomic E-state index is -3.51. The number of carbonyl (C=O) groups excluding carboxylic acids is 1. The van der Waals surface area contributed by atoms with E-state index in [1.54, 1.807) is 0 Å². The van der Waals surface area contributed by atoms with Crippen LogP contribution in [0.2, 0.25) is 0 Å². The Kier molecular flexibility index (Phi) is 5.13. The molecule has 8 heteroatoms. The molecule has 0 bridgehead atoms. The molecule has 0 spiro atoms. The second kappa shape index (κ2) is 6.14. The van der Waals surface area contributed by atoms with Gasteiger partial charge in [0.25, 0.3) is 0 Å². The number of nitrogens with two attached hydrogens (primary N) is 1. The van der Waals surface area contributed by atoms with Gasteiger partial charge in [0.15, 0.2) is 0 Å². The predicted molar refractivity (Wildman–Crippen MR) is 58.2 cm³/mol. The summed E-state index contributed by atoms with van der Waals surface area (Å²) < 4.78 is 26.5. The molecule has 0 aromatic rings. The van der Waals surface area contributed by atoms with Crippen LogP contribution in [0.3, 0.4) is 0 Å². The Hall–Kier alpha value is -0.700. The quantitative estimate of drug-likeness (QED) is 0.512. The number of hydrogen-bond acceptors (Lipinski definition) is 5. The molecule has 1 atom stereocenters. The number of nitrogens with one attached hydrogen (secondary N) is 2. The summed E-state index contributed by atoms with van der Waals surface area (Å²) in [6.45, 7) is 2.07. The van der Waals surface area contributed by atoms with E-state index < -0.39 is 10.0 Å². The van der Waals surface area contributed by atoms with Gasteiger partial charge in [-0.3, -0.25) is 4.79 Å². The number of amides is 1. The molecule has 0 saturated carbocycles. The van der Waals surface area contributed by atoms with Gasteiger partial charge in [-0.15, -0.1) is 0 Å². The average Bonchev–Trinajstić information content (AvgIpc) is 2.17. The largest absolute Gasteiger partial charge is 0.375 e. The zero-order chi connectivity index (χ0) is 12.0. The number of hydrogen-bond donors (Lipinski definition) is 3. The van der Waals surface area contributed by atoms with Crippen molar-refractivity contribution in [1.29, 1.82) is 0 Å². The van der Waals surface area contributed by atoms with E-state index in [9.17, 15) is 13.2 Å². The summed E-state index contributed by atoms with van der Waals surface area (Å²) in [4.78, 5) is 11.3. The van der Waals surface area contributed by atoms with Crippen molar-refractivity contribution in [3.63, 3.8) is 0 Å². The lowest BCUT2D eigenvalue weighted by Gasteiger charge is -2.22. The fourth-order valence-corrected chi connectivity index (χ4v) is 1.75. The van der Waals surface area contributed by atoms with Crippen LogP contribution in [0.5, 0.6) is 0 Å². The minimum Gasteiger partial charge on any atom is -0.375 e. The summed E-state index contributed by atoms with van der Waals surface area (Å²) in [5, 5.41) is 10.4. The third kappa shape index (κ3) is 6.01. The first-order valence-electron chi connectivity index (χ1n) is 5.07. The zero-order valence-corrected chi connectivity index (χ0v) is 9.76. The SMILES string of the molecule is NS(=O)(=O)CCNC(=O)CC1CNCCO1. The van der Waals surface area contributed by atoms with Crippen LogP contribution >= 0.6 is 0 Å². The summed E-state index contributed by atoms with van der Waals surface area (Å²) in [5.41, 5.74) is 0. The molecule has 1 unspecified atom stereocenters. The van der Waals surface area contributed by atoms with Gasteiger partial charge >= 0.3 is 0 Å². The van der Waals surface area contributed by atoms with E-state index >= 15 is 0 Å². The van der Waals surface area contributed by atoms with E-state index in [1.165, 1.54) is 0 Å². The molecule has 94 valence electrons. The molecule has 1 aliphatic heterocycles. The first-order valence-corrected chi connectivity index (χ1v) is 6.78. The molecule has 0 radical (unpaired) electrons. The molecule has 1 amide bonds. The van der Waals surface area contributed by atoms with Gasteiger partial charge in [0.2, 0.25) is 15.9 Å². The Labute approximate surface area is 94.8 Å². The normalized spacial score (nSPS) is 21.7. The topological polar surface area (TPSA) is 111 Å². The fraction of sp³-hybridized carbons (Fsp3) is 0.875. The molecule has 1 saturated heterocycles. The van der Waals surface area contributed by atoms with Crippen molar-refractivity contribution in [2.75, 3.05) is 32.0 Å². The van der Waals surface area contributed by atoms with Crippen LogP contribution in [0, 0.1) is 0 Å². The van der Waals surface area contributed by atoms with Gasteiger partial charge in [0, 0.05) is 19.6 Å². The van der Waals surface area contributed by atoms with E-state index in [1.807, 2.05) is 0 Å². The molecule has 7 nitrogen and oxygen atoms in total. The maximum absolute atomic E-state index is 11.3. The van der Waals surface area contributed by atoms with Crippen LogP contribution in [0.1, 0.15) is 6.42 Å². The van der Waals surface area contributed by atoms with Crippen molar-refractivity contribution in [3.8, 4) is 0 Å². The maximum Gasteiger partial charge on any atom is 0.222 e. The van der Waals surface area contributed by atoms with Crippen molar-refractivity contribution in [3.05, 3.63) is 0 Å². The Morgan fingerprint density at radius 1 is 1.56 bits per heavy atom. The summed E-state index contributed by atoms with van der Waals surface area (Å²) >= 11 is 0. The lowest BCUT2D eigenvalue weighted by Crippen LogP contribution is -2.42. The first kappa shape index (κ1) is 13.4. The molecule has 0 aromatic heterocycles. The standard InChI is InChI=1S/C8H17N3O4S/c9-16(13,14)4-2-11-8(12)5-7-6-10-1-3-15-7/h7,10H,1-6H2,(H,11,12)(H2,9,13,14). The summed E-state index contributed by atoms with van der Waals surface area (Å²) in [6, 6.07) is 0. The van der Waals surface area contributed by atoms with Gasteiger partial charge in [-0.1, -0.05) is 0 Å². The molecule has 1 fully saturated rings. The molecular weight excluding hydrogens is 234 g/mol. The van der Waals surface area contributed by atoms with Crippen molar-refractivity contribution < 1.29 is 17.9 Å². The van der Waals surface area contributed by atoms with Crippen LogP contribution in [0.25, 0.3) is 0 Å². The van der Waals surface area contributed by atoms with Crippen molar-refractivity contribution >= 4 is 15.9 Å². The van der Waals surface area contributed by atoms with Gasteiger partial charge in [-0.2, -0.15) is 0 Å². The van der Waals surface area contributed by atoms with E-state index in [2.05, 4.69) is 10.6 Å². The van der Waals surface area contributed by atoms with Crippen LogP contribution in [-0.2, 0) is 19.6 Å². The third-order valence-corrected chi connectivity index (χ3v) is 2.90. The summed E-state index contributed by atoms with van der Waals surface area (Å²) in [6.07, 6.45) is 0.0979. The van der Waals surface area contributed by atoms with Crippen molar-refractivity contribution in [2.45, 2.75) is 12.5 Å². The van der Waals surface area contributed by atoms with Crippen LogP contribution < -0.4 is 15.8 Å². The fourth-order valence-electron chi connectivity index (χ4n) is 1.36. The van der Waals surface area contributed by atoms with Gasteiger partial charge < -0.3 is 15.4 Å². The minimum absolute atomic E-state index is 0.0395. The zero-order valence-electron chi connectivity index (χ0n) is 8.94. The molecule has 16 heavy (non-hydrogen) atoms. The highest BCUT2D eigenvalue weighted by molar-refractivity contribution is 7.89. The number of ether oxygens (including phenoxy) is 1. The number of carbonyl (C=O) groups is 1. The smallest absolute Gasteiger partial charge is 0.222 e. The Balaban J connectivity index is 2.15. The van der Waals surface area contributed by atoms with Gasteiger partial charge in [0.05, 0.1) is 24.9 Å². The van der Waals surface area contributed by atoms with Crippen molar-refractivity contribution in [2.24, 2.45) is 5.14 Å². The highest BCUT2D eigenvalue weighted by Gasteiger charge is 2.17. The number of morpholine rings is 1. The Morgan fingerprint density at radius 3 is 2.88 bits per heavy atom. The highest BCUT2D eigenvalue weighted by atomic mass is 32.2. The highest BCUT2D eigenvalue weighted by Crippen LogP contribution is 2.00. The average molecular weight is 251 g/mol. The number of sulfonamides is 1. The number of primary sulfonamides is 1. The lowest BCUT2D eigenvalue weighted by molar-refractivity contribution is -0.124. The van der Waals surface area contributed by atoms with E-state index in [0.29, 0.717) is 13.2 Å². The first-order chi connectivity index (χ1) is 7.47. The molecule has 4 N–H and O–H groups in total. The second-order valence-electron chi connectivity index (χ2n) is 3.62. The molecule has 1 rings (SSSR count). The van der Waals surface area contributed by atoms with Crippen LogP contribution in [0.4, 0.5) is 0 Å². The lowest BCUT2D eigenvalue weighted by atomic mass is 10.2. The van der Waals surface area contributed by atoms with Crippen LogP contribution in [0.15, 0.2) is 0 Å².